The number of pyridine rings is 2. The Morgan fingerprint density at radius 3 is 2.48 bits per heavy atom. The Bertz CT molecular complexity index is 1080. The van der Waals surface area contributed by atoms with Gasteiger partial charge in [-0.3, -0.25) is 19.6 Å². The molecule has 1 aliphatic heterocycles. The number of nitrogens with zero attached hydrogens (tertiary/aromatic N) is 3. The number of aliphatic hydroxyl groups excluding tert-OH is 1. The van der Waals surface area contributed by atoms with E-state index < -0.39 is 23.5 Å². The SMILES string of the molecule is O=C1C(=O)N(Cc2cccnc2)[C@@H](c2ccccn2)/C1=C(/O)c1ccc(F)cc1. The van der Waals surface area contributed by atoms with Crippen LogP contribution in [0, 0.1) is 5.82 Å². The second-order valence-electron chi connectivity index (χ2n) is 6.55. The molecule has 1 atom stereocenters. The second-order valence-corrected chi connectivity index (χ2v) is 6.55. The van der Waals surface area contributed by atoms with Gasteiger partial charge < -0.3 is 10.0 Å². The minimum Gasteiger partial charge on any atom is -0.507 e. The van der Waals surface area contributed by atoms with Crippen LogP contribution >= 0.6 is 0 Å². The van der Waals surface area contributed by atoms with Crippen LogP contribution in [0.1, 0.15) is 22.9 Å². The summed E-state index contributed by atoms with van der Waals surface area (Å²) in [6.07, 6.45) is 4.77. The molecule has 4 rings (SSSR count). The molecule has 1 fully saturated rings. The number of likely N-dealkylation sites (tertiary alicyclic amines) is 1. The Hall–Kier alpha value is -3.87. The van der Waals surface area contributed by atoms with Gasteiger partial charge >= 0.3 is 0 Å². The molecule has 144 valence electrons. The van der Waals surface area contributed by atoms with Crippen LogP contribution in [-0.2, 0) is 16.1 Å². The van der Waals surface area contributed by atoms with Gasteiger partial charge in [-0.2, -0.15) is 0 Å². The average molecular weight is 389 g/mol. The quantitative estimate of drug-likeness (QED) is 0.421. The molecule has 0 bridgehead atoms. The summed E-state index contributed by atoms with van der Waals surface area (Å²) in [5, 5.41) is 10.8. The molecule has 1 N–H and O–H groups in total. The van der Waals surface area contributed by atoms with Gasteiger partial charge in [0.25, 0.3) is 11.7 Å². The van der Waals surface area contributed by atoms with E-state index in [1.165, 1.54) is 29.2 Å². The van der Waals surface area contributed by atoms with Crippen molar-refractivity contribution in [2.75, 3.05) is 0 Å². The highest BCUT2D eigenvalue weighted by atomic mass is 19.1. The van der Waals surface area contributed by atoms with E-state index in [1.54, 1.807) is 48.9 Å². The Kier molecular flexibility index (Phi) is 4.87. The fourth-order valence-electron chi connectivity index (χ4n) is 3.34. The Morgan fingerprint density at radius 2 is 1.83 bits per heavy atom. The molecule has 6 nitrogen and oxygen atoms in total. The zero-order valence-electron chi connectivity index (χ0n) is 15.2. The lowest BCUT2D eigenvalue weighted by atomic mass is 9.98. The number of Topliss-reactive ketones (excluding diaryl/α,β-unsaturated/α-hetero) is 1. The summed E-state index contributed by atoms with van der Waals surface area (Å²) in [7, 11) is 0. The number of benzene rings is 1. The fraction of sp³-hybridized carbons (Fsp3) is 0.0909. The van der Waals surface area contributed by atoms with Crippen LogP contribution in [0.15, 0.2) is 78.8 Å². The zero-order valence-corrected chi connectivity index (χ0v) is 15.2. The highest BCUT2D eigenvalue weighted by Gasteiger charge is 2.46. The highest BCUT2D eigenvalue weighted by Crippen LogP contribution is 2.39. The number of aromatic nitrogens is 2. The monoisotopic (exact) mass is 389 g/mol. The van der Waals surface area contributed by atoms with Crippen molar-refractivity contribution in [2.24, 2.45) is 0 Å². The summed E-state index contributed by atoms with van der Waals surface area (Å²) in [5.41, 5.74) is 1.34. The first kappa shape index (κ1) is 18.5. The van der Waals surface area contributed by atoms with Crippen molar-refractivity contribution in [3.8, 4) is 0 Å². The van der Waals surface area contributed by atoms with E-state index in [-0.39, 0.29) is 23.4 Å². The molecule has 0 radical (unpaired) electrons. The standard InChI is InChI=1S/C22H16FN3O3/c23-16-8-6-15(7-9-16)20(27)18-19(17-5-1-2-11-25-17)26(22(29)21(18)28)13-14-4-3-10-24-12-14/h1-12,19,27H,13H2/b20-18-/t19-/m0/s1. The van der Waals surface area contributed by atoms with Gasteiger partial charge in [0.05, 0.1) is 11.3 Å². The first-order valence-corrected chi connectivity index (χ1v) is 8.90. The molecule has 0 spiro atoms. The summed E-state index contributed by atoms with van der Waals surface area (Å²) in [6, 6.07) is 12.9. The number of carbonyl (C=O) groups excluding carboxylic acids is 2. The number of hydrogen-bond acceptors (Lipinski definition) is 5. The van der Waals surface area contributed by atoms with Gasteiger partial charge in [0.2, 0.25) is 0 Å². The van der Waals surface area contributed by atoms with Crippen molar-refractivity contribution < 1.29 is 19.1 Å². The van der Waals surface area contributed by atoms with E-state index >= 15 is 0 Å². The number of amides is 1. The third-order valence-electron chi connectivity index (χ3n) is 4.70. The van der Waals surface area contributed by atoms with Crippen molar-refractivity contribution in [2.45, 2.75) is 12.6 Å². The van der Waals surface area contributed by atoms with Crippen LogP contribution in [0.4, 0.5) is 4.39 Å². The van der Waals surface area contributed by atoms with Gasteiger partial charge in [-0.05, 0) is 48.0 Å². The first-order chi connectivity index (χ1) is 14.1. The summed E-state index contributed by atoms with van der Waals surface area (Å²) in [4.78, 5) is 35.4. The summed E-state index contributed by atoms with van der Waals surface area (Å²) in [6.45, 7) is 0.125. The summed E-state index contributed by atoms with van der Waals surface area (Å²) in [5.74, 6) is -2.40. The molecule has 0 aliphatic carbocycles. The molecule has 0 saturated carbocycles. The Morgan fingerprint density at radius 1 is 1.03 bits per heavy atom. The molecule has 2 aromatic heterocycles. The number of hydrogen-bond donors (Lipinski definition) is 1. The maximum absolute atomic E-state index is 13.3. The predicted molar refractivity (Wildman–Crippen MR) is 103 cm³/mol. The Labute approximate surface area is 166 Å². The van der Waals surface area contributed by atoms with Crippen LogP contribution in [0.3, 0.4) is 0 Å². The molecular weight excluding hydrogens is 373 g/mol. The number of rotatable bonds is 4. The van der Waals surface area contributed by atoms with Gasteiger partial charge in [0, 0.05) is 30.7 Å². The van der Waals surface area contributed by atoms with E-state index in [4.69, 9.17) is 0 Å². The van der Waals surface area contributed by atoms with Crippen LogP contribution < -0.4 is 0 Å². The Balaban J connectivity index is 1.85. The van der Waals surface area contributed by atoms with E-state index in [2.05, 4.69) is 9.97 Å². The minimum absolute atomic E-state index is 0.0794. The van der Waals surface area contributed by atoms with E-state index in [0.29, 0.717) is 5.69 Å². The smallest absolute Gasteiger partial charge is 0.296 e. The van der Waals surface area contributed by atoms with Crippen LogP contribution in [0.25, 0.3) is 5.76 Å². The average Bonchev–Trinajstić information content (AvgIpc) is 3.00. The third kappa shape index (κ3) is 3.50. The van der Waals surface area contributed by atoms with Crippen molar-refractivity contribution >= 4 is 17.4 Å². The number of halogens is 1. The van der Waals surface area contributed by atoms with Crippen LogP contribution in [-0.4, -0.2) is 31.7 Å². The molecule has 29 heavy (non-hydrogen) atoms. The van der Waals surface area contributed by atoms with Gasteiger partial charge in [-0.15, -0.1) is 0 Å². The number of aliphatic hydroxyl groups is 1. The summed E-state index contributed by atoms with van der Waals surface area (Å²) >= 11 is 0. The van der Waals surface area contributed by atoms with Crippen molar-refractivity contribution in [1.29, 1.82) is 0 Å². The van der Waals surface area contributed by atoms with Crippen molar-refractivity contribution in [1.82, 2.24) is 14.9 Å². The van der Waals surface area contributed by atoms with E-state index in [9.17, 15) is 19.1 Å². The molecular formula is C22H16FN3O3. The number of carbonyl (C=O) groups is 2. The topological polar surface area (TPSA) is 83.4 Å². The molecule has 1 aliphatic rings. The molecule has 7 heteroatoms. The molecule has 0 unspecified atom stereocenters. The third-order valence-corrected chi connectivity index (χ3v) is 4.70. The normalized spacial score (nSPS) is 18.2. The largest absolute Gasteiger partial charge is 0.507 e. The first-order valence-electron chi connectivity index (χ1n) is 8.90. The zero-order chi connectivity index (χ0) is 20.4. The minimum atomic E-state index is -0.874. The molecule has 1 amide bonds. The molecule has 1 saturated heterocycles. The van der Waals surface area contributed by atoms with Gasteiger partial charge in [0.15, 0.2) is 0 Å². The predicted octanol–water partition coefficient (Wildman–Crippen LogP) is 3.24. The van der Waals surface area contributed by atoms with Gasteiger partial charge in [0.1, 0.15) is 17.6 Å². The van der Waals surface area contributed by atoms with Gasteiger partial charge in [-0.25, -0.2) is 4.39 Å². The number of ketones is 1. The lowest BCUT2D eigenvalue weighted by molar-refractivity contribution is -0.140. The molecule has 1 aromatic carbocycles. The lowest BCUT2D eigenvalue weighted by Crippen LogP contribution is -2.29. The summed E-state index contributed by atoms with van der Waals surface area (Å²) < 4.78 is 13.3. The highest BCUT2D eigenvalue weighted by molar-refractivity contribution is 6.46. The maximum Gasteiger partial charge on any atom is 0.296 e. The fourth-order valence-corrected chi connectivity index (χ4v) is 3.34. The van der Waals surface area contributed by atoms with Gasteiger partial charge in [-0.1, -0.05) is 12.1 Å². The molecule has 3 heterocycles. The lowest BCUT2D eigenvalue weighted by Gasteiger charge is -2.24. The maximum atomic E-state index is 13.3. The van der Waals surface area contributed by atoms with Crippen molar-refractivity contribution in [3.63, 3.8) is 0 Å². The second kappa shape index (κ2) is 7.63. The van der Waals surface area contributed by atoms with Crippen LogP contribution in [0.2, 0.25) is 0 Å². The molecule has 3 aromatic rings. The van der Waals surface area contributed by atoms with Crippen LogP contribution in [0.5, 0.6) is 0 Å². The van der Waals surface area contributed by atoms with E-state index in [0.717, 1.165) is 5.56 Å². The van der Waals surface area contributed by atoms with E-state index in [1.807, 2.05) is 0 Å². The van der Waals surface area contributed by atoms with Crippen molar-refractivity contribution in [3.05, 3.63) is 101 Å².